The van der Waals surface area contributed by atoms with Gasteiger partial charge in [0.15, 0.2) is 17.3 Å². The molecule has 0 radical (unpaired) electrons. The molecular weight excluding hydrogens is 571 g/mol. The molecule has 0 amide bonds. The number of hydrogen-bond acceptors (Lipinski definition) is 5. The van der Waals surface area contributed by atoms with Gasteiger partial charge in [-0.05, 0) is 91.7 Å². The summed E-state index contributed by atoms with van der Waals surface area (Å²) in [6.45, 7) is 0. The van der Waals surface area contributed by atoms with Gasteiger partial charge in [0.2, 0.25) is 0 Å². The average Bonchev–Trinajstić information content (AvgIpc) is 3.59. The lowest BCUT2D eigenvalue weighted by Gasteiger charge is -2.34. The van der Waals surface area contributed by atoms with E-state index in [1.165, 1.54) is 54.6 Å². The number of hydrogen-bond donors (Lipinski definition) is 0. The van der Waals surface area contributed by atoms with E-state index in [4.69, 9.17) is 14.1 Å². The zero-order chi connectivity index (χ0) is 29.5. The van der Waals surface area contributed by atoms with Crippen LogP contribution in [0, 0.1) is 0 Å². The predicted octanol–water partition coefficient (Wildman–Crippen LogP) is 11.5. The zero-order valence-electron chi connectivity index (χ0n) is 23.9. The van der Waals surface area contributed by atoms with E-state index in [-0.39, 0.29) is 0 Å². The zero-order valence-corrected chi connectivity index (χ0v) is 24.8. The Kier molecular flexibility index (Phi) is 5.12. The van der Waals surface area contributed by atoms with Crippen molar-refractivity contribution in [2.24, 2.45) is 0 Å². The molecule has 10 rings (SSSR count). The number of para-hydroxylation sites is 3. The third-order valence-corrected chi connectivity index (χ3v) is 9.69. The average molecular weight is 594 g/mol. The van der Waals surface area contributed by atoms with E-state index >= 15 is 0 Å². The fourth-order valence-corrected chi connectivity index (χ4v) is 7.65. The molecule has 0 fully saturated rings. The van der Waals surface area contributed by atoms with Gasteiger partial charge in [0, 0.05) is 10.9 Å². The topological polar surface area (TPSA) is 38.3 Å². The lowest BCUT2D eigenvalue weighted by atomic mass is 9.93. The Bertz CT molecular complexity index is 2540. The number of fused-ring (bicyclic) bond motifs is 3. The summed E-state index contributed by atoms with van der Waals surface area (Å²) >= 11 is 1.41. The van der Waals surface area contributed by atoms with Crippen LogP contribution in [0.3, 0.4) is 0 Å². The number of benzene rings is 8. The molecule has 0 N–H and O–H groups in total. The van der Waals surface area contributed by atoms with Crippen molar-refractivity contribution >= 4 is 71.7 Å². The lowest BCUT2D eigenvalue weighted by molar-refractivity contribution is 0.479. The van der Waals surface area contributed by atoms with Gasteiger partial charge in [-0.2, -0.15) is 4.37 Å². The third kappa shape index (κ3) is 3.65. The fourth-order valence-electron chi connectivity index (χ4n) is 6.94. The third-order valence-electron chi connectivity index (χ3n) is 8.94. The summed E-state index contributed by atoms with van der Waals surface area (Å²) in [5.74, 6) is 2.31. The molecule has 0 spiro atoms. The van der Waals surface area contributed by atoms with Gasteiger partial charge in [0.1, 0.15) is 5.01 Å². The first-order valence-electron chi connectivity index (χ1n) is 15.0. The van der Waals surface area contributed by atoms with Gasteiger partial charge >= 0.3 is 0 Å². The molecule has 8 aromatic carbocycles. The predicted molar refractivity (Wildman–Crippen MR) is 187 cm³/mol. The van der Waals surface area contributed by atoms with Crippen molar-refractivity contribution in [1.82, 2.24) is 9.36 Å². The normalized spacial score (nSPS) is 12.6. The highest BCUT2D eigenvalue weighted by Crippen LogP contribution is 2.54. The molecule has 9 aromatic rings. The summed E-state index contributed by atoms with van der Waals surface area (Å²) in [4.78, 5) is 7.41. The largest absolute Gasteiger partial charge is 0.452 e. The Morgan fingerprint density at radius 1 is 0.533 bits per heavy atom. The highest BCUT2D eigenvalue weighted by molar-refractivity contribution is 7.09. The quantitative estimate of drug-likeness (QED) is 0.191. The summed E-state index contributed by atoms with van der Waals surface area (Å²) in [5.41, 5.74) is 5.02. The molecule has 45 heavy (non-hydrogen) atoms. The summed E-state index contributed by atoms with van der Waals surface area (Å²) in [6.07, 6.45) is 0. The van der Waals surface area contributed by atoms with Gasteiger partial charge < -0.3 is 9.64 Å². The summed E-state index contributed by atoms with van der Waals surface area (Å²) < 4.78 is 11.5. The maximum Gasteiger partial charge on any atom is 0.173 e. The maximum absolute atomic E-state index is 6.67. The number of anilines is 3. The monoisotopic (exact) mass is 593 g/mol. The van der Waals surface area contributed by atoms with Crippen LogP contribution in [0.5, 0.6) is 11.5 Å². The number of ether oxygens (including phenoxy) is 1. The first-order chi connectivity index (χ1) is 22.3. The fraction of sp³-hybridized carbons (Fsp3) is 0. The van der Waals surface area contributed by atoms with Crippen LogP contribution in [0.4, 0.5) is 17.1 Å². The van der Waals surface area contributed by atoms with Gasteiger partial charge in [-0.15, -0.1) is 0 Å². The molecule has 0 unspecified atom stereocenters. The van der Waals surface area contributed by atoms with Crippen molar-refractivity contribution in [2.75, 3.05) is 4.90 Å². The highest BCUT2D eigenvalue weighted by atomic mass is 32.1. The van der Waals surface area contributed by atoms with E-state index in [9.17, 15) is 0 Å². The van der Waals surface area contributed by atoms with E-state index in [0.717, 1.165) is 50.5 Å². The second kappa shape index (κ2) is 9.36. The van der Waals surface area contributed by atoms with Crippen LogP contribution < -0.4 is 9.64 Å². The first-order valence-corrected chi connectivity index (χ1v) is 15.8. The Morgan fingerprint density at radius 3 is 2.02 bits per heavy atom. The number of aromatic nitrogens is 2. The summed E-state index contributed by atoms with van der Waals surface area (Å²) in [5, 5.41) is 10.7. The van der Waals surface area contributed by atoms with Crippen molar-refractivity contribution in [1.29, 1.82) is 0 Å². The van der Waals surface area contributed by atoms with Gasteiger partial charge in [-0.3, -0.25) is 0 Å². The van der Waals surface area contributed by atoms with Crippen molar-refractivity contribution in [3.05, 3.63) is 140 Å². The molecule has 0 bridgehead atoms. The SMILES string of the molecule is c1ccc2c(c1)Oc1c(-c3nc(-c4cc5ccc6cccc7ccc(c4)c5c67)ns3)cccc1N2c1cccc2ccccc12. The van der Waals surface area contributed by atoms with E-state index in [2.05, 4.69) is 132 Å². The lowest BCUT2D eigenvalue weighted by Crippen LogP contribution is -2.16. The minimum absolute atomic E-state index is 0.722. The molecule has 0 saturated heterocycles. The molecule has 0 atom stereocenters. The van der Waals surface area contributed by atoms with E-state index in [0.29, 0.717) is 0 Å². The van der Waals surface area contributed by atoms with E-state index in [1.807, 2.05) is 12.1 Å². The van der Waals surface area contributed by atoms with Gasteiger partial charge in [0.25, 0.3) is 0 Å². The molecular formula is C40H23N3OS. The maximum atomic E-state index is 6.67. The summed E-state index contributed by atoms with van der Waals surface area (Å²) in [6, 6.07) is 49.2. The van der Waals surface area contributed by atoms with Gasteiger partial charge in [-0.25, -0.2) is 4.98 Å². The molecule has 2 heterocycles. The van der Waals surface area contributed by atoms with Crippen LogP contribution >= 0.6 is 11.5 Å². The Balaban J connectivity index is 1.12. The van der Waals surface area contributed by atoms with Crippen molar-refractivity contribution in [3.63, 3.8) is 0 Å². The Hall–Kier alpha value is -5.78. The highest BCUT2D eigenvalue weighted by Gasteiger charge is 2.29. The Labute approximate surface area is 262 Å². The molecule has 0 saturated carbocycles. The molecule has 1 aliphatic rings. The molecule has 0 aliphatic carbocycles. The molecule has 1 aliphatic heterocycles. The van der Waals surface area contributed by atoms with E-state index < -0.39 is 0 Å². The van der Waals surface area contributed by atoms with Crippen LogP contribution in [0.1, 0.15) is 0 Å². The second-order valence-electron chi connectivity index (χ2n) is 11.5. The molecule has 4 nitrogen and oxygen atoms in total. The van der Waals surface area contributed by atoms with Crippen LogP contribution in [0.15, 0.2) is 140 Å². The first kappa shape index (κ1) is 24.6. The molecule has 210 valence electrons. The molecule has 5 heteroatoms. The van der Waals surface area contributed by atoms with Crippen LogP contribution in [0.25, 0.3) is 65.0 Å². The Morgan fingerprint density at radius 2 is 1.16 bits per heavy atom. The minimum Gasteiger partial charge on any atom is -0.452 e. The van der Waals surface area contributed by atoms with Crippen LogP contribution in [-0.4, -0.2) is 9.36 Å². The number of nitrogens with zero attached hydrogens (tertiary/aromatic N) is 3. The van der Waals surface area contributed by atoms with Crippen molar-refractivity contribution in [3.8, 4) is 33.5 Å². The van der Waals surface area contributed by atoms with Crippen LogP contribution in [0.2, 0.25) is 0 Å². The van der Waals surface area contributed by atoms with Crippen molar-refractivity contribution < 1.29 is 4.74 Å². The minimum atomic E-state index is 0.722. The second-order valence-corrected chi connectivity index (χ2v) is 12.2. The number of rotatable bonds is 3. The standard InChI is InChI=1S/C40H23N3OS/c1-2-12-30-24(8-1)9-6-15-32(30)43-33-14-3-4-17-35(33)44-38-31(13-7-16-34(38)43)40-41-39(42-45-40)29-22-27-20-18-25-10-5-11-26-19-21-28(23-29)37(27)36(25)26/h1-23H. The summed E-state index contributed by atoms with van der Waals surface area (Å²) in [7, 11) is 0. The van der Waals surface area contributed by atoms with Gasteiger partial charge in [0.05, 0.1) is 22.6 Å². The molecule has 1 aromatic heterocycles. The van der Waals surface area contributed by atoms with Gasteiger partial charge in [-0.1, -0.05) is 97.1 Å². The smallest absolute Gasteiger partial charge is 0.173 e. The van der Waals surface area contributed by atoms with E-state index in [1.54, 1.807) is 0 Å². The van der Waals surface area contributed by atoms with Crippen LogP contribution in [-0.2, 0) is 0 Å². The van der Waals surface area contributed by atoms with Crippen molar-refractivity contribution in [2.45, 2.75) is 0 Å².